The number of nitrogen functional groups attached to an aromatic ring is 1. The van der Waals surface area contributed by atoms with Gasteiger partial charge in [0.2, 0.25) is 5.91 Å². The van der Waals surface area contributed by atoms with E-state index in [2.05, 4.69) is 16.2 Å². The molecular formula is C17H19ClN4O2. The van der Waals surface area contributed by atoms with E-state index in [1.165, 1.54) is 6.07 Å². The minimum atomic E-state index is -0.450. The first-order valence-corrected chi connectivity index (χ1v) is 7.74. The molecule has 0 aromatic heterocycles. The molecule has 126 valence electrons. The summed E-state index contributed by atoms with van der Waals surface area (Å²) in [5, 5.41) is 3.17. The van der Waals surface area contributed by atoms with Crippen molar-refractivity contribution in [1.82, 2.24) is 16.2 Å². The molecule has 2 amide bonds. The second-order valence-electron chi connectivity index (χ2n) is 5.25. The van der Waals surface area contributed by atoms with Crippen LogP contribution >= 0.6 is 11.6 Å². The molecule has 7 heteroatoms. The van der Waals surface area contributed by atoms with Crippen molar-refractivity contribution in [1.29, 1.82) is 0 Å². The molecule has 2 aromatic carbocycles. The minimum absolute atomic E-state index is 0.0575. The number of hydrogen-bond acceptors (Lipinski definition) is 4. The molecule has 0 radical (unpaired) electrons. The summed E-state index contributed by atoms with van der Waals surface area (Å²) in [5.41, 5.74) is 13.2. The van der Waals surface area contributed by atoms with Gasteiger partial charge in [0.25, 0.3) is 5.91 Å². The number of halogens is 1. The highest BCUT2D eigenvalue weighted by atomic mass is 35.5. The van der Waals surface area contributed by atoms with E-state index < -0.39 is 5.91 Å². The van der Waals surface area contributed by atoms with Crippen LogP contribution in [0.4, 0.5) is 5.69 Å². The lowest BCUT2D eigenvalue weighted by Crippen LogP contribution is -2.43. The normalized spacial score (nSPS) is 10.2. The van der Waals surface area contributed by atoms with E-state index in [1.54, 1.807) is 13.0 Å². The van der Waals surface area contributed by atoms with Gasteiger partial charge in [0.15, 0.2) is 0 Å². The first kappa shape index (κ1) is 17.8. The molecule has 0 aliphatic carbocycles. The van der Waals surface area contributed by atoms with Gasteiger partial charge in [0, 0.05) is 17.3 Å². The molecule has 0 atom stereocenters. The number of hydrazine groups is 1. The van der Waals surface area contributed by atoms with Crippen LogP contribution in [0.1, 0.15) is 21.5 Å². The Bertz CT molecular complexity index is 735. The molecule has 0 aliphatic heterocycles. The van der Waals surface area contributed by atoms with E-state index in [-0.39, 0.29) is 18.0 Å². The van der Waals surface area contributed by atoms with Crippen LogP contribution in [0, 0.1) is 6.92 Å². The molecule has 0 bridgehead atoms. The predicted molar refractivity (Wildman–Crippen MR) is 94.4 cm³/mol. The van der Waals surface area contributed by atoms with Crippen LogP contribution in [0.5, 0.6) is 0 Å². The third-order valence-electron chi connectivity index (χ3n) is 3.38. The predicted octanol–water partition coefficient (Wildman–Crippen LogP) is 1.78. The molecule has 6 nitrogen and oxygen atoms in total. The van der Waals surface area contributed by atoms with Crippen molar-refractivity contribution >= 4 is 29.1 Å². The van der Waals surface area contributed by atoms with Crippen molar-refractivity contribution in [2.45, 2.75) is 13.5 Å². The number of carbonyl (C=O) groups is 2. The van der Waals surface area contributed by atoms with Gasteiger partial charge in [-0.25, -0.2) is 5.43 Å². The van der Waals surface area contributed by atoms with Crippen LogP contribution < -0.4 is 21.9 Å². The van der Waals surface area contributed by atoms with Gasteiger partial charge in [-0.1, -0.05) is 41.9 Å². The number of carbonyl (C=O) groups excluding carboxylic acids is 2. The molecule has 0 saturated carbocycles. The summed E-state index contributed by atoms with van der Waals surface area (Å²) < 4.78 is 0. The molecule has 0 fully saturated rings. The summed E-state index contributed by atoms with van der Waals surface area (Å²) in [4.78, 5) is 23.8. The number of nitrogens with one attached hydrogen (secondary N) is 3. The zero-order chi connectivity index (χ0) is 17.5. The van der Waals surface area contributed by atoms with Crippen LogP contribution in [0.25, 0.3) is 0 Å². The fourth-order valence-electron chi connectivity index (χ4n) is 2.07. The number of hydrogen-bond donors (Lipinski definition) is 4. The van der Waals surface area contributed by atoms with E-state index in [9.17, 15) is 9.59 Å². The molecule has 0 aliphatic rings. The Labute approximate surface area is 145 Å². The first-order valence-electron chi connectivity index (χ1n) is 7.37. The highest BCUT2D eigenvalue weighted by Gasteiger charge is 2.12. The second-order valence-corrected chi connectivity index (χ2v) is 5.69. The number of anilines is 1. The van der Waals surface area contributed by atoms with Gasteiger partial charge in [0.1, 0.15) is 0 Å². The zero-order valence-electron chi connectivity index (χ0n) is 13.2. The van der Waals surface area contributed by atoms with E-state index in [1.807, 2.05) is 30.3 Å². The van der Waals surface area contributed by atoms with E-state index in [0.717, 1.165) is 5.56 Å². The molecule has 0 saturated heterocycles. The lowest BCUT2D eigenvalue weighted by Gasteiger charge is -2.11. The highest BCUT2D eigenvalue weighted by molar-refractivity contribution is 6.31. The lowest BCUT2D eigenvalue weighted by molar-refractivity contribution is -0.120. The molecule has 2 aromatic rings. The topological polar surface area (TPSA) is 96.2 Å². The van der Waals surface area contributed by atoms with E-state index >= 15 is 0 Å². The standard InChI is InChI=1S/C17H19ClN4O2/c1-11-7-13(18)8-14(16(11)19)17(24)22-21-10-15(23)20-9-12-5-3-2-4-6-12/h2-8,21H,9-10,19H2,1H3,(H,20,23)(H,22,24). The average molecular weight is 347 g/mol. The van der Waals surface area contributed by atoms with Gasteiger partial charge in [-0.05, 0) is 30.2 Å². The van der Waals surface area contributed by atoms with Crippen LogP contribution in [0.3, 0.4) is 0 Å². The fourth-order valence-corrected chi connectivity index (χ4v) is 2.35. The Morgan fingerprint density at radius 1 is 1.17 bits per heavy atom. The third-order valence-corrected chi connectivity index (χ3v) is 3.60. The summed E-state index contributed by atoms with van der Waals surface area (Å²) in [7, 11) is 0. The molecule has 0 heterocycles. The molecule has 0 spiro atoms. The van der Waals surface area contributed by atoms with Crippen LogP contribution in [0.15, 0.2) is 42.5 Å². The molecular weight excluding hydrogens is 328 g/mol. The van der Waals surface area contributed by atoms with Crippen molar-refractivity contribution in [2.75, 3.05) is 12.3 Å². The van der Waals surface area contributed by atoms with Crippen molar-refractivity contribution < 1.29 is 9.59 Å². The smallest absolute Gasteiger partial charge is 0.267 e. The SMILES string of the molecule is Cc1cc(Cl)cc(C(=O)NNCC(=O)NCc2ccccc2)c1N. The Balaban J connectivity index is 1.79. The quantitative estimate of drug-likeness (QED) is 0.473. The van der Waals surface area contributed by atoms with E-state index in [0.29, 0.717) is 22.8 Å². The maximum atomic E-state index is 12.1. The summed E-state index contributed by atoms with van der Waals surface area (Å²) in [6, 6.07) is 12.7. The molecule has 24 heavy (non-hydrogen) atoms. The number of benzene rings is 2. The highest BCUT2D eigenvalue weighted by Crippen LogP contribution is 2.22. The monoisotopic (exact) mass is 346 g/mol. The van der Waals surface area contributed by atoms with Crippen LogP contribution in [-0.4, -0.2) is 18.4 Å². The maximum absolute atomic E-state index is 12.1. The Kier molecular flexibility index (Phi) is 6.17. The van der Waals surface area contributed by atoms with Gasteiger partial charge < -0.3 is 11.1 Å². The Morgan fingerprint density at radius 2 is 1.88 bits per heavy atom. The average Bonchev–Trinajstić information content (AvgIpc) is 2.57. The molecule has 5 N–H and O–H groups in total. The minimum Gasteiger partial charge on any atom is -0.398 e. The summed E-state index contributed by atoms with van der Waals surface area (Å²) in [6.07, 6.45) is 0. The lowest BCUT2D eigenvalue weighted by atomic mass is 10.1. The number of rotatable bonds is 6. The summed E-state index contributed by atoms with van der Waals surface area (Å²) in [6.45, 7) is 2.14. The van der Waals surface area contributed by atoms with Gasteiger partial charge in [-0.15, -0.1) is 0 Å². The zero-order valence-corrected chi connectivity index (χ0v) is 14.0. The number of aryl methyl sites for hydroxylation is 1. The van der Waals surface area contributed by atoms with Crippen molar-refractivity contribution in [3.63, 3.8) is 0 Å². The van der Waals surface area contributed by atoms with Gasteiger partial charge in [0.05, 0.1) is 12.1 Å². The van der Waals surface area contributed by atoms with Crippen molar-refractivity contribution in [3.05, 3.63) is 64.2 Å². The second kappa shape index (κ2) is 8.33. The van der Waals surface area contributed by atoms with Gasteiger partial charge >= 0.3 is 0 Å². The van der Waals surface area contributed by atoms with Crippen molar-refractivity contribution in [2.24, 2.45) is 0 Å². The molecule has 2 rings (SSSR count). The van der Waals surface area contributed by atoms with Gasteiger partial charge in [-0.2, -0.15) is 0 Å². The summed E-state index contributed by atoms with van der Waals surface area (Å²) >= 11 is 5.93. The number of amides is 2. The molecule has 0 unspecified atom stereocenters. The first-order chi connectivity index (χ1) is 11.5. The largest absolute Gasteiger partial charge is 0.398 e. The number of nitrogens with two attached hydrogens (primary N) is 1. The Morgan fingerprint density at radius 3 is 2.58 bits per heavy atom. The van der Waals surface area contributed by atoms with Crippen molar-refractivity contribution in [3.8, 4) is 0 Å². The van der Waals surface area contributed by atoms with Crippen LogP contribution in [-0.2, 0) is 11.3 Å². The van der Waals surface area contributed by atoms with Gasteiger partial charge in [-0.3, -0.25) is 15.0 Å². The maximum Gasteiger partial charge on any atom is 0.267 e. The third kappa shape index (κ3) is 4.97. The van der Waals surface area contributed by atoms with Crippen LogP contribution in [0.2, 0.25) is 5.02 Å². The van der Waals surface area contributed by atoms with E-state index in [4.69, 9.17) is 17.3 Å². The fraction of sp³-hybridized carbons (Fsp3) is 0.176. The Hall–Kier alpha value is -2.57. The summed E-state index contributed by atoms with van der Waals surface area (Å²) in [5.74, 6) is -0.691.